The third-order valence-electron chi connectivity index (χ3n) is 3.58. The minimum atomic E-state index is -0.853. The molecule has 1 saturated carbocycles. The molecule has 90 valence electrons. The first-order valence-electron chi connectivity index (χ1n) is 6.14. The number of hydrogen-bond acceptors (Lipinski definition) is 1. The van der Waals surface area contributed by atoms with Crippen LogP contribution in [0.15, 0.2) is 54.6 Å². The van der Waals surface area contributed by atoms with Gasteiger partial charge < -0.3 is 5.11 Å². The predicted molar refractivity (Wildman–Crippen MR) is 69.9 cm³/mol. The molecule has 1 unspecified atom stereocenters. The van der Waals surface area contributed by atoms with Crippen LogP contribution in [0.2, 0.25) is 0 Å². The second-order valence-corrected chi connectivity index (χ2v) is 4.79. The van der Waals surface area contributed by atoms with E-state index in [4.69, 9.17) is 5.11 Å². The highest BCUT2D eigenvalue weighted by atomic mass is 16.4. The Morgan fingerprint density at radius 2 is 1.61 bits per heavy atom. The maximum absolute atomic E-state index is 10.9. The Hall–Kier alpha value is -2.09. The van der Waals surface area contributed by atoms with Crippen molar-refractivity contribution in [1.29, 1.82) is 0 Å². The monoisotopic (exact) mass is 238 g/mol. The molecule has 0 bridgehead atoms. The zero-order valence-electron chi connectivity index (χ0n) is 9.91. The summed E-state index contributed by atoms with van der Waals surface area (Å²) in [4.78, 5) is 10.9. The summed E-state index contributed by atoms with van der Waals surface area (Å²) in [5.74, 6) is 0.177. The molecule has 0 spiro atoms. The van der Waals surface area contributed by atoms with Crippen molar-refractivity contribution in [2.24, 2.45) is 0 Å². The summed E-state index contributed by atoms with van der Waals surface area (Å²) in [5.41, 5.74) is 2.87. The Morgan fingerprint density at radius 3 is 2.33 bits per heavy atom. The maximum atomic E-state index is 10.9. The average Bonchev–Trinajstić information content (AvgIpc) is 3.20. The Kier molecular flexibility index (Phi) is 2.63. The van der Waals surface area contributed by atoms with Crippen molar-refractivity contribution >= 4 is 5.97 Å². The molecule has 1 fully saturated rings. The fraction of sp³-hybridized carbons (Fsp3) is 0.188. The third kappa shape index (κ3) is 2.02. The van der Waals surface area contributed by atoms with E-state index in [0.717, 1.165) is 12.0 Å². The van der Waals surface area contributed by atoms with Gasteiger partial charge in [-0.3, -0.25) is 0 Å². The standard InChI is InChI=1S/C16H14O2/c17-16(18)13-8-4-7-12(9-13)15-10-14(15)11-5-2-1-3-6-11/h1-9,14-15H,10H2,(H,17,18)/t14?,15-/m0/s1. The minimum absolute atomic E-state index is 0.381. The van der Waals surface area contributed by atoms with Crippen molar-refractivity contribution in [3.63, 3.8) is 0 Å². The Balaban J connectivity index is 1.82. The smallest absolute Gasteiger partial charge is 0.335 e. The first-order chi connectivity index (χ1) is 8.75. The Morgan fingerprint density at radius 1 is 0.944 bits per heavy atom. The highest BCUT2D eigenvalue weighted by molar-refractivity contribution is 5.87. The van der Waals surface area contributed by atoms with Crippen molar-refractivity contribution in [3.05, 3.63) is 71.3 Å². The second kappa shape index (κ2) is 4.30. The second-order valence-electron chi connectivity index (χ2n) is 4.79. The van der Waals surface area contributed by atoms with E-state index in [1.165, 1.54) is 5.56 Å². The molecule has 1 aliphatic carbocycles. The number of rotatable bonds is 3. The molecule has 3 rings (SSSR count). The van der Waals surface area contributed by atoms with E-state index in [-0.39, 0.29) is 0 Å². The van der Waals surface area contributed by atoms with Crippen LogP contribution in [-0.2, 0) is 0 Å². The van der Waals surface area contributed by atoms with E-state index in [2.05, 4.69) is 24.3 Å². The first kappa shape index (κ1) is 11.0. The quantitative estimate of drug-likeness (QED) is 0.886. The van der Waals surface area contributed by atoms with Crippen LogP contribution in [0.4, 0.5) is 0 Å². The summed E-state index contributed by atoms with van der Waals surface area (Å²) in [5, 5.41) is 8.99. The van der Waals surface area contributed by atoms with Gasteiger partial charge >= 0.3 is 5.97 Å². The van der Waals surface area contributed by atoms with Gasteiger partial charge in [-0.05, 0) is 41.5 Å². The molecule has 0 radical (unpaired) electrons. The van der Waals surface area contributed by atoms with Crippen molar-refractivity contribution in [2.75, 3.05) is 0 Å². The van der Waals surface area contributed by atoms with Crippen molar-refractivity contribution in [3.8, 4) is 0 Å². The third-order valence-corrected chi connectivity index (χ3v) is 3.58. The Bertz CT molecular complexity index is 575. The molecule has 2 atom stereocenters. The van der Waals surface area contributed by atoms with Crippen LogP contribution in [0.25, 0.3) is 0 Å². The normalized spacial score (nSPS) is 21.6. The van der Waals surface area contributed by atoms with Gasteiger partial charge in [-0.15, -0.1) is 0 Å². The van der Waals surface area contributed by atoms with Crippen LogP contribution in [-0.4, -0.2) is 11.1 Å². The van der Waals surface area contributed by atoms with Gasteiger partial charge in [0.15, 0.2) is 0 Å². The molecule has 0 aromatic heterocycles. The molecular weight excluding hydrogens is 224 g/mol. The van der Waals surface area contributed by atoms with Crippen LogP contribution in [0, 0.1) is 0 Å². The lowest BCUT2D eigenvalue weighted by Crippen LogP contribution is -1.96. The number of aromatic carboxylic acids is 1. The van der Waals surface area contributed by atoms with Gasteiger partial charge in [-0.25, -0.2) is 4.79 Å². The van der Waals surface area contributed by atoms with E-state index < -0.39 is 5.97 Å². The van der Waals surface area contributed by atoms with Gasteiger partial charge in [-0.1, -0.05) is 42.5 Å². The topological polar surface area (TPSA) is 37.3 Å². The number of carboxylic acids is 1. The summed E-state index contributed by atoms with van der Waals surface area (Å²) in [7, 11) is 0. The van der Waals surface area contributed by atoms with Gasteiger partial charge in [0.05, 0.1) is 5.56 Å². The van der Waals surface area contributed by atoms with Crippen LogP contribution in [0.3, 0.4) is 0 Å². The zero-order valence-corrected chi connectivity index (χ0v) is 9.91. The minimum Gasteiger partial charge on any atom is -0.478 e. The average molecular weight is 238 g/mol. The van der Waals surface area contributed by atoms with Crippen molar-refractivity contribution in [2.45, 2.75) is 18.3 Å². The molecule has 0 heterocycles. The molecule has 2 heteroatoms. The molecule has 18 heavy (non-hydrogen) atoms. The summed E-state index contributed by atoms with van der Waals surface area (Å²) in [6, 6.07) is 17.7. The summed E-state index contributed by atoms with van der Waals surface area (Å²) < 4.78 is 0. The van der Waals surface area contributed by atoms with Gasteiger partial charge in [-0.2, -0.15) is 0 Å². The number of carbonyl (C=O) groups is 1. The van der Waals surface area contributed by atoms with E-state index in [1.807, 2.05) is 18.2 Å². The summed E-state index contributed by atoms with van der Waals surface area (Å²) >= 11 is 0. The van der Waals surface area contributed by atoms with Crippen LogP contribution >= 0.6 is 0 Å². The highest BCUT2D eigenvalue weighted by Gasteiger charge is 2.39. The molecule has 1 N–H and O–H groups in total. The van der Waals surface area contributed by atoms with Gasteiger partial charge in [0.2, 0.25) is 0 Å². The molecule has 2 aromatic rings. The fourth-order valence-corrected chi connectivity index (χ4v) is 2.53. The summed E-state index contributed by atoms with van der Waals surface area (Å²) in [6.07, 6.45) is 1.12. The Labute approximate surface area is 106 Å². The van der Waals surface area contributed by atoms with Crippen LogP contribution in [0.5, 0.6) is 0 Å². The lowest BCUT2D eigenvalue weighted by molar-refractivity contribution is 0.0697. The highest BCUT2D eigenvalue weighted by Crippen LogP contribution is 2.54. The first-order valence-corrected chi connectivity index (χ1v) is 6.14. The molecule has 0 amide bonds. The fourth-order valence-electron chi connectivity index (χ4n) is 2.53. The molecule has 0 aliphatic heterocycles. The van der Waals surface area contributed by atoms with E-state index in [1.54, 1.807) is 12.1 Å². The lowest BCUT2D eigenvalue weighted by Gasteiger charge is -2.02. The number of carboxylic acid groups (broad SMARTS) is 1. The largest absolute Gasteiger partial charge is 0.478 e. The van der Waals surface area contributed by atoms with E-state index >= 15 is 0 Å². The lowest BCUT2D eigenvalue weighted by atomic mass is 10.0. The van der Waals surface area contributed by atoms with Gasteiger partial charge in [0.25, 0.3) is 0 Å². The van der Waals surface area contributed by atoms with Gasteiger partial charge in [0, 0.05) is 0 Å². The summed E-state index contributed by atoms with van der Waals surface area (Å²) in [6.45, 7) is 0. The molecule has 2 nitrogen and oxygen atoms in total. The predicted octanol–water partition coefficient (Wildman–Crippen LogP) is 3.66. The maximum Gasteiger partial charge on any atom is 0.335 e. The molecule has 1 aliphatic rings. The van der Waals surface area contributed by atoms with Crippen molar-refractivity contribution in [1.82, 2.24) is 0 Å². The van der Waals surface area contributed by atoms with E-state index in [9.17, 15) is 4.79 Å². The SMILES string of the molecule is O=C(O)c1cccc([C@@H]2CC2c2ccccc2)c1. The number of hydrogen-bond donors (Lipinski definition) is 1. The van der Waals surface area contributed by atoms with Crippen molar-refractivity contribution < 1.29 is 9.90 Å². The molecule has 0 saturated heterocycles. The van der Waals surface area contributed by atoms with Gasteiger partial charge in [0.1, 0.15) is 0 Å². The number of benzene rings is 2. The van der Waals surface area contributed by atoms with Crippen LogP contribution in [0.1, 0.15) is 39.7 Å². The molecule has 2 aromatic carbocycles. The van der Waals surface area contributed by atoms with Crippen LogP contribution < -0.4 is 0 Å². The van der Waals surface area contributed by atoms with E-state index in [0.29, 0.717) is 17.4 Å². The molecular formula is C16H14O2. The zero-order chi connectivity index (χ0) is 12.5.